The van der Waals surface area contributed by atoms with Crippen LogP contribution in [-0.4, -0.2) is 46.4 Å². The van der Waals surface area contributed by atoms with Crippen molar-refractivity contribution in [2.24, 2.45) is 7.05 Å². The van der Waals surface area contributed by atoms with Crippen molar-refractivity contribution < 1.29 is 14.3 Å². The molecule has 2 N–H and O–H groups in total. The second-order valence-electron chi connectivity index (χ2n) is 6.37. The van der Waals surface area contributed by atoms with E-state index in [9.17, 15) is 14.4 Å². The highest BCUT2D eigenvalue weighted by Gasteiger charge is 2.18. The van der Waals surface area contributed by atoms with E-state index in [0.29, 0.717) is 17.4 Å². The quantitative estimate of drug-likeness (QED) is 0.536. The zero-order valence-electron chi connectivity index (χ0n) is 15.5. The van der Waals surface area contributed by atoms with Crippen LogP contribution in [0, 0.1) is 0 Å². The molecule has 2 heterocycles. The number of carbonyl (C=O) groups excluding carboxylic acids is 2. The van der Waals surface area contributed by atoms with E-state index in [0.717, 1.165) is 31.2 Å². The van der Waals surface area contributed by atoms with Crippen molar-refractivity contribution in [3.05, 3.63) is 52.4 Å². The zero-order chi connectivity index (χ0) is 19.9. The Morgan fingerprint density at radius 2 is 2.11 bits per heavy atom. The zero-order valence-corrected chi connectivity index (χ0v) is 16.3. The van der Waals surface area contributed by atoms with Crippen molar-refractivity contribution in [2.45, 2.75) is 24.1 Å². The number of para-hydroxylation sites is 1. The fraction of sp³-hybridized carbons (Fsp3) is 0.368. The van der Waals surface area contributed by atoms with Gasteiger partial charge in [0.2, 0.25) is 5.91 Å². The van der Waals surface area contributed by atoms with Crippen molar-refractivity contribution in [1.29, 1.82) is 0 Å². The average molecular weight is 402 g/mol. The van der Waals surface area contributed by atoms with Gasteiger partial charge in [-0.05, 0) is 25.0 Å². The van der Waals surface area contributed by atoms with Gasteiger partial charge in [-0.1, -0.05) is 30.0 Å². The smallest absolute Gasteiger partial charge is 0.266 e. The van der Waals surface area contributed by atoms with E-state index in [1.165, 1.54) is 17.8 Å². The summed E-state index contributed by atoms with van der Waals surface area (Å²) in [7, 11) is 1.53. The number of carbonyl (C=O) groups is 2. The highest BCUT2D eigenvalue weighted by atomic mass is 32.2. The lowest BCUT2D eigenvalue weighted by atomic mass is 10.2. The van der Waals surface area contributed by atoms with Crippen molar-refractivity contribution in [1.82, 2.24) is 14.9 Å². The Kier molecular flexibility index (Phi) is 6.83. The highest BCUT2D eigenvalue weighted by molar-refractivity contribution is 7.99. The monoisotopic (exact) mass is 402 g/mol. The van der Waals surface area contributed by atoms with Crippen LogP contribution in [-0.2, 0) is 16.6 Å². The van der Waals surface area contributed by atoms with Crippen LogP contribution >= 0.6 is 11.8 Å². The van der Waals surface area contributed by atoms with Gasteiger partial charge in [-0.25, -0.2) is 4.98 Å². The number of anilines is 1. The van der Waals surface area contributed by atoms with Gasteiger partial charge in [0, 0.05) is 32.1 Å². The van der Waals surface area contributed by atoms with E-state index in [-0.39, 0.29) is 23.3 Å². The lowest BCUT2D eigenvalue weighted by Crippen LogP contribution is -2.33. The van der Waals surface area contributed by atoms with Gasteiger partial charge in [-0.2, -0.15) is 0 Å². The van der Waals surface area contributed by atoms with Gasteiger partial charge < -0.3 is 15.4 Å². The molecule has 9 heteroatoms. The maximum absolute atomic E-state index is 12.5. The number of amides is 2. The molecule has 1 aromatic heterocycles. The Labute approximate surface area is 166 Å². The summed E-state index contributed by atoms with van der Waals surface area (Å²) in [5, 5.41) is 5.86. The number of ether oxygens (including phenoxy) is 1. The second-order valence-corrected chi connectivity index (χ2v) is 7.31. The molecule has 0 unspecified atom stereocenters. The summed E-state index contributed by atoms with van der Waals surface area (Å²) in [6.45, 7) is 1.23. The van der Waals surface area contributed by atoms with Gasteiger partial charge in [-0.3, -0.25) is 19.0 Å². The first-order chi connectivity index (χ1) is 13.5. The van der Waals surface area contributed by atoms with Crippen LogP contribution in [0.5, 0.6) is 0 Å². The van der Waals surface area contributed by atoms with Crippen LogP contribution in [0.15, 0.2) is 46.5 Å². The van der Waals surface area contributed by atoms with E-state index in [1.54, 1.807) is 24.3 Å². The summed E-state index contributed by atoms with van der Waals surface area (Å²) in [5.41, 5.74) is 0.0696. The number of hydrogen-bond acceptors (Lipinski definition) is 6. The molecule has 2 amide bonds. The van der Waals surface area contributed by atoms with E-state index in [2.05, 4.69) is 15.6 Å². The molecule has 0 bridgehead atoms. The minimum Gasteiger partial charge on any atom is -0.376 e. The standard InChI is InChI=1S/C19H22N4O4S/c1-23-18(26)15(17(25)22-13-6-3-2-4-7-13)11-21-19(23)28-12-16(24)20-10-14-8-5-9-27-14/h2-4,6-7,11,14H,5,8-10,12H2,1H3,(H,20,24)(H,22,25)/t14-/m1/s1. The predicted molar refractivity (Wildman–Crippen MR) is 107 cm³/mol. The molecule has 1 aliphatic heterocycles. The molecule has 8 nitrogen and oxygen atoms in total. The maximum Gasteiger partial charge on any atom is 0.266 e. The molecular weight excluding hydrogens is 380 g/mol. The molecule has 1 saturated heterocycles. The van der Waals surface area contributed by atoms with Crippen LogP contribution in [0.4, 0.5) is 5.69 Å². The fourth-order valence-corrected chi connectivity index (χ4v) is 3.52. The van der Waals surface area contributed by atoms with Crippen LogP contribution < -0.4 is 16.2 Å². The third-order valence-electron chi connectivity index (χ3n) is 4.29. The molecule has 1 atom stereocenters. The van der Waals surface area contributed by atoms with Gasteiger partial charge >= 0.3 is 0 Å². The summed E-state index contributed by atoms with van der Waals surface area (Å²) in [6, 6.07) is 8.87. The lowest BCUT2D eigenvalue weighted by molar-refractivity contribution is -0.119. The third kappa shape index (κ3) is 5.20. The second kappa shape index (κ2) is 9.52. The number of thioether (sulfide) groups is 1. The SMILES string of the molecule is Cn1c(SCC(=O)NC[C@H]2CCCO2)ncc(C(=O)Nc2ccccc2)c1=O. The topological polar surface area (TPSA) is 102 Å². The van der Waals surface area contributed by atoms with Gasteiger partial charge in [0.05, 0.1) is 11.9 Å². The van der Waals surface area contributed by atoms with Crippen LogP contribution in [0.3, 0.4) is 0 Å². The third-order valence-corrected chi connectivity index (χ3v) is 5.33. The summed E-state index contributed by atoms with van der Waals surface area (Å²) >= 11 is 1.14. The van der Waals surface area contributed by atoms with Crippen LogP contribution in [0.25, 0.3) is 0 Å². The molecule has 0 aliphatic carbocycles. The van der Waals surface area contributed by atoms with E-state index >= 15 is 0 Å². The van der Waals surface area contributed by atoms with Gasteiger partial charge in [-0.15, -0.1) is 0 Å². The molecule has 0 radical (unpaired) electrons. The summed E-state index contributed by atoms with van der Waals surface area (Å²) in [4.78, 5) is 41.0. The maximum atomic E-state index is 12.5. The molecule has 28 heavy (non-hydrogen) atoms. The van der Waals surface area contributed by atoms with Crippen LogP contribution in [0.2, 0.25) is 0 Å². The fourth-order valence-electron chi connectivity index (χ4n) is 2.75. The number of aromatic nitrogens is 2. The first-order valence-corrected chi connectivity index (χ1v) is 9.96. The number of hydrogen-bond donors (Lipinski definition) is 2. The molecule has 148 valence electrons. The first-order valence-electron chi connectivity index (χ1n) is 8.98. The summed E-state index contributed by atoms with van der Waals surface area (Å²) in [5.74, 6) is -0.548. The minimum atomic E-state index is -0.523. The molecule has 1 aliphatic rings. The Bertz CT molecular complexity index is 895. The Balaban J connectivity index is 1.57. The number of rotatable bonds is 7. The van der Waals surface area contributed by atoms with Crippen molar-refractivity contribution in [3.8, 4) is 0 Å². The molecule has 0 spiro atoms. The molecule has 1 aromatic carbocycles. The first kappa shape index (κ1) is 20.1. The van der Waals surface area contributed by atoms with Gasteiger partial charge in [0.1, 0.15) is 5.56 Å². The van der Waals surface area contributed by atoms with Gasteiger partial charge in [0.15, 0.2) is 5.16 Å². The van der Waals surface area contributed by atoms with Crippen molar-refractivity contribution >= 4 is 29.3 Å². The van der Waals surface area contributed by atoms with Gasteiger partial charge in [0.25, 0.3) is 11.5 Å². The largest absolute Gasteiger partial charge is 0.376 e. The Morgan fingerprint density at radius 1 is 1.32 bits per heavy atom. The Morgan fingerprint density at radius 3 is 2.82 bits per heavy atom. The predicted octanol–water partition coefficient (Wildman–Crippen LogP) is 1.42. The Hall–Kier alpha value is -2.65. The average Bonchev–Trinajstić information content (AvgIpc) is 3.22. The minimum absolute atomic E-state index is 0.0569. The molecule has 1 fully saturated rings. The normalized spacial score (nSPS) is 16.0. The van der Waals surface area contributed by atoms with E-state index in [4.69, 9.17) is 4.74 Å². The number of nitrogens with one attached hydrogen (secondary N) is 2. The van der Waals surface area contributed by atoms with Crippen LogP contribution in [0.1, 0.15) is 23.2 Å². The molecule has 0 saturated carbocycles. The molecule has 3 rings (SSSR count). The van der Waals surface area contributed by atoms with E-state index < -0.39 is 11.5 Å². The molecule has 2 aromatic rings. The molecular formula is C19H22N4O4S. The van der Waals surface area contributed by atoms with Crippen molar-refractivity contribution in [2.75, 3.05) is 24.2 Å². The van der Waals surface area contributed by atoms with E-state index in [1.807, 2.05) is 6.07 Å². The lowest BCUT2D eigenvalue weighted by Gasteiger charge is -2.11. The summed E-state index contributed by atoms with van der Waals surface area (Å²) in [6.07, 6.45) is 3.30. The number of nitrogens with zero attached hydrogens (tertiary/aromatic N) is 2. The highest BCUT2D eigenvalue weighted by Crippen LogP contribution is 2.14. The van der Waals surface area contributed by atoms with Crippen molar-refractivity contribution in [3.63, 3.8) is 0 Å². The summed E-state index contributed by atoms with van der Waals surface area (Å²) < 4.78 is 6.74. The number of benzene rings is 1.